The average molecular weight is 470 g/mol. The number of piperazine rings is 1. The van der Waals surface area contributed by atoms with Crippen LogP contribution in [0, 0.1) is 0 Å². The fraction of sp³-hybridized carbons (Fsp3) is 0.348. The van der Waals surface area contributed by atoms with Gasteiger partial charge >= 0.3 is 6.18 Å². The van der Waals surface area contributed by atoms with Gasteiger partial charge in [0.25, 0.3) is 11.9 Å². The van der Waals surface area contributed by atoms with Crippen LogP contribution in [0.25, 0.3) is 17.2 Å². The van der Waals surface area contributed by atoms with Crippen molar-refractivity contribution in [2.75, 3.05) is 26.2 Å². The molecule has 3 aromatic rings. The van der Waals surface area contributed by atoms with Crippen LogP contribution in [0.5, 0.6) is 0 Å². The quantitative estimate of drug-likeness (QED) is 0.535. The van der Waals surface area contributed by atoms with E-state index in [4.69, 9.17) is 0 Å². The second kappa shape index (κ2) is 8.54. The maximum atomic E-state index is 13.5. The van der Waals surface area contributed by atoms with Gasteiger partial charge < -0.3 is 9.80 Å². The molecule has 34 heavy (non-hydrogen) atoms. The predicted octanol–water partition coefficient (Wildman–Crippen LogP) is 3.14. The van der Waals surface area contributed by atoms with E-state index in [0.29, 0.717) is 37.4 Å². The highest BCUT2D eigenvalue weighted by atomic mass is 19.4. The molecule has 3 heterocycles. The van der Waals surface area contributed by atoms with Crippen LogP contribution in [0.1, 0.15) is 40.4 Å². The Morgan fingerprint density at radius 2 is 1.79 bits per heavy atom. The first-order valence-corrected chi connectivity index (χ1v) is 10.9. The first-order valence-electron chi connectivity index (χ1n) is 10.9. The number of rotatable bonds is 5. The smallest absolute Gasteiger partial charge is 0.342 e. The van der Waals surface area contributed by atoms with Gasteiger partial charge in [0.05, 0.1) is 28.7 Å². The number of alkyl halides is 3. The highest BCUT2D eigenvalue weighted by molar-refractivity contribution is 5.95. The Hall–Kier alpha value is -3.76. The van der Waals surface area contributed by atoms with Crippen molar-refractivity contribution in [3.05, 3.63) is 59.5 Å². The maximum Gasteiger partial charge on any atom is 0.417 e. The molecule has 8 nitrogen and oxygen atoms in total. The van der Waals surface area contributed by atoms with Gasteiger partial charge in [-0.3, -0.25) is 9.59 Å². The van der Waals surface area contributed by atoms with E-state index in [1.807, 2.05) is 0 Å². The first-order chi connectivity index (χ1) is 16.4. The third-order valence-corrected chi connectivity index (χ3v) is 6.09. The standard InChI is InChI=1S/C23H21F3N6O2/c24-23(25,26)18-4-2-1-3-16(18)19-7-8-27-22(29-19)32-20(15-5-6-15)17(13-28-32)21(34)31-11-9-30(14-33)10-12-31/h1-4,7-8,13-15H,5-6,9-12H2. The molecule has 11 heteroatoms. The molecule has 0 bridgehead atoms. The van der Waals surface area contributed by atoms with Crippen LogP contribution in [-0.2, 0) is 11.0 Å². The van der Waals surface area contributed by atoms with Crippen LogP contribution in [-0.4, -0.2) is 68.0 Å². The maximum absolute atomic E-state index is 13.5. The van der Waals surface area contributed by atoms with E-state index in [2.05, 4.69) is 15.1 Å². The predicted molar refractivity (Wildman–Crippen MR) is 115 cm³/mol. The minimum atomic E-state index is -4.53. The monoisotopic (exact) mass is 470 g/mol. The lowest BCUT2D eigenvalue weighted by Crippen LogP contribution is -2.48. The third-order valence-electron chi connectivity index (χ3n) is 6.09. The minimum Gasteiger partial charge on any atom is -0.342 e. The van der Waals surface area contributed by atoms with Crippen LogP contribution in [0.2, 0.25) is 0 Å². The van der Waals surface area contributed by atoms with Crippen LogP contribution < -0.4 is 0 Å². The van der Waals surface area contributed by atoms with Crippen molar-refractivity contribution in [3.8, 4) is 17.2 Å². The molecule has 1 saturated carbocycles. The Labute approximate surface area is 193 Å². The molecule has 0 radical (unpaired) electrons. The molecule has 2 aromatic heterocycles. The highest BCUT2D eigenvalue weighted by Gasteiger charge is 2.36. The van der Waals surface area contributed by atoms with E-state index >= 15 is 0 Å². The number of carbonyl (C=O) groups excluding carboxylic acids is 2. The summed E-state index contributed by atoms with van der Waals surface area (Å²) in [6.45, 7) is 1.78. The molecule has 0 unspecified atom stereocenters. The zero-order chi connectivity index (χ0) is 23.9. The summed E-state index contributed by atoms with van der Waals surface area (Å²) in [4.78, 5) is 36.1. The van der Waals surface area contributed by atoms with Gasteiger partial charge in [-0.15, -0.1) is 0 Å². The molecule has 1 aliphatic carbocycles. The van der Waals surface area contributed by atoms with Gasteiger partial charge in [0, 0.05) is 43.9 Å². The molecule has 1 saturated heterocycles. The molecule has 5 rings (SSSR count). The molecule has 2 fully saturated rings. The zero-order valence-corrected chi connectivity index (χ0v) is 18.1. The Balaban J connectivity index is 1.50. The number of benzene rings is 1. The van der Waals surface area contributed by atoms with Crippen molar-refractivity contribution in [2.45, 2.75) is 24.9 Å². The zero-order valence-electron chi connectivity index (χ0n) is 18.1. The van der Waals surface area contributed by atoms with E-state index in [0.717, 1.165) is 25.3 Å². The van der Waals surface area contributed by atoms with Crippen LogP contribution in [0.3, 0.4) is 0 Å². The summed E-state index contributed by atoms with van der Waals surface area (Å²) in [7, 11) is 0. The summed E-state index contributed by atoms with van der Waals surface area (Å²) in [5, 5.41) is 4.36. The summed E-state index contributed by atoms with van der Waals surface area (Å²) < 4.78 is 42.0. The van der Waals surface area contributed by atoms with Crippen LogP contribution >= 0.6 is 0 Å². The lowest BCUT2D eigenvalue weighted by Gasteiger charge is -2.32. The van der Waals surface area contributed by atoms with Gasteiger partial charge in [0.15, 0.2) is 0 Å². The van der Waals surface area contributed by atoms with E-state index < -0.39 is 11.7 Å². The average Bonchev–Trinajstić information content (AvgIpc) is 3.60. The molecule has 0 atom stereocenters. The fourth-order valence-corrected chi connectivity index (χ4v) is 4.19. The first kappa shape index (κ1) is 22.1. The van der Waals surface area contributed by atoms with E-state index in [9.17, 15) is 22.8 Å². The van der Waals surface area contributed by atoms with Crippen LogP contribution in [0.4, 0.5) is 13.2 Å². The van der Waals surface area contributed by atoms with Crippen LogP contribution in [0.15, 0.2) is 42.7 Å². The Morgan fingerprint density at radius 1 is 1.06 bits per heavy atom. The Kier molecular flexibility index (Phi) is 5.54. The van der Waals surface area contributed by atoms with Crippen molar-refractivity contribution >= 4 is 12.3 Å². The number of amides is 2. The van der Waals surface area contributed by atoms with E-state index in [1.165, 1.54) is 41.3 Å². The molecule has 2 aliphatic rings. The molecule has 2 amide bonds. The molecule has 0 spiro atoms. The van der Waals surface area contributed by atoms with Gasteiger partial charge in [0.2, 0.25) is 6.41 Å². The number of carbonyl (C=O) groups is 2. The largest absolute Gasteiger partial charge is 0.417 e. The second-order valence-electron chi connectivity index (χ2n) is 8.35. The fourth-order valence-electron chi connectivity index (χ4n) is 4.19. The van der Waals surface area contributed by atoms with Gasteiger partial charge in [-0.2, -0.15) is 18.3 Å². The minimum absolute atomic E-state index is 0.0527. The van der Waals surface area contributed by atoms with Crippen molar-refractivity contribution < 1.29 is 22.8 Å². The van der Waals surface area contributed by atoms with Gasteiger partial charge in [-0.05, 0) is 25.0 Å². The lowest BCUT2D eigenvalue weighted by molar-refractivity contribution is -0.137. The lowest BCUT2D eigenvalue weighted by atomic mass is 10.0. The number of halogens is 3. The Bertz CT molecular complexity index is 1230. The van der Waals surface area contributed by atoms with E-state index in [1.54, 1.807) is 9.80 Å². The molecular weight excluding hydrogens is 449 g/mol. The third kappa shape index (κ3) is 4.13. The topological polar surface area (TPSA) is 84.2 Å². The highest BCUT2D eigenvalue weighted by Crippen LogP contribution is 2.43. The summed E-state index contributed by atoms with van der Waals surface area (Å²) in [5.74, 6) is 0.0332. The van der Waals surface area contributed by atoms with Gasteiger partial charge in [0.1, 0.15) is 0 Å². The second-order valence-corrected chi connectivity index (χ2v) is 8.35. The number of nitrogens with zero attached hydrogens (tertiary/aromatic N) is 6. The molecular formula is C23H21F3N6O2. The number of aromatic nitrogens is 4. The van der Waals surface area contributed by atoms with Crippen molar-refractivity contribution in [2.24, 2.45) is 0 Å². The van der Waals surface area contributed by atoms with Crippen molar-refractivity contribution in [3.63, 3.8) is 0 Å². The summed E-state index contributed by atoms with van der Waals surface area (Å²) in [5.41, 5.74) is 0.389. The molecule has 176 valence electrons. The van der Waals surface area contributed by atoms with Crippen molar-refractivity contribution in [1.82, 2.24) is 29.5 Å². The summed E-state index contributed by atoms with van der Waals surface area (Å²) >= 11 is 0. The van der Waals surface area contributed by atoms with Crippen molar-refractivity contribution in [1.29, 1.82) is 0 Å². The molecule has 0 N–H and O–H groups in total. The summed E-state index contributed by atoms with van der Waals surface area (Å²) in [6, 6.07) is 6.67. The van der Waals surface area contributed by atoms with E-state index in [-0.39, 0.29) is 29.0 Å². The SMILES string of the molecule is O=CN1CCN(C(=O)c2cnn(-c3nccc(-c4ccccc4C(F)(F)F)n3)c2C2CC2)CC1. The Morgan fingerprint density at radius 3 is 2.47 bits per heavy atom. The molecule has 1 aromatic carbocycles. The summed E-state index contributed by atoms with van der Waals surface area (Å²) in [6.07, 6.45) is 0.866. The van der Waals surface area contributed by atoms with Gasteiger partial charge in [-0.1, -0.05) is 18.2 Å². The number of hydrogen-bond donors (Lipinski definition) is 0. The number of hydrogen-bond acceptors (Lipinski definition) is 5. The normalized spacial score (nSPS) is 16.6. The molecule has 1 aliphatic heterocycles. The van der Waals surface area contributed by atoms with Gasteiger partial charge in [-0.25, -0.2) is 14.6 Å².